The predicted octanol–water partition coefficient (Wildman–Crippen LogP) is 1.03. The first kappa shape index (κ1) is 8.95. The van der Waals surface area contributed by atoms with Gasteiger partial charge in [-0.1, -0.05) is 0 Å². The molecule has 1 aliphatic rings. The van der Waals surface area contributed by atoms with Crippen molar-refractivity contribution in [1.82, 2.24) is 9.78 Å². The smallest absolute Gasteiger partial charge is 0.136 e. The van der Waals surface area contributed by atoms with E-state index in [1.807, 2.05) is 13.0 Å². The van der Waals surface area contributed by atoms with Crippen molar-refractivity contribution in [1.29, 1.82) is 5.26 Å². The first-order valence-corrected chi connectivity index (χ1v) is 4.67. The molecular formula is C10H11N3O. The zero-order chi connectivity index (χ0) is 10.2. The number of rotatable bonds is 2. The van der Waals surface area contributed by atoms with Gasteiger partial charge in [-0.3, -0.25) is 9.48 Å². The Morgan fingerprint density at radius 2 is 2.43 bits per heavy atom. The fourth-order valence-corrected chi connectivity index (χ4v) is 1.93. The average molecular weight is 189 g/mol. The van der Waals surface area contributed by atoms with Crippen LogP contribution in [0.2, 0.25) is 0 Å². The van der Waals surface area contributed by atoms with Crippen LogP contribution < -0.4 is 0 Å². The van der Waals surface area contributed by atoms with E-state index in [1.54, 1.807) is 10.9 Å². The van der Waals surface area contributed by atoms with Gasteiger partial charge in [0.05, 0.1) is 11.8 Å². The quantitative estimate of drug-likeness (QED) is 0.698. The number of aromatic nitrogens is 2. The molecule has 4 heteroatoms. The Kier molecular flexibility index (Phi) is 1.88. The number of nitrogens with zero attached hydrogens (tertiary/aromatic N) is 3. The van der Waals surface area contributed by atoms with Crippen LogP contribution in [0.15, 0.2) is 12.3 Å². The maximum Gasteiger partial charge on any atom is 0.136 e. The summed E-state index contributed by atoms with van der Waals surface area (Å²) in [7, 11) is 0. The van der Waals surface area contributed by atoms with Crippen molar-refractivity contribution in [2.24, 2.45) is 0 Å². The Morgan fingerprint density at radius 3 is 2.93 bits per heavy atom. The average Bonchev–Trinajstić information content (AvgIpc) is 2.60. The number of hydrogen-bond acceptors (Lipinski definition) is 3. The van der Waals surface area contributed by atoms with Gasteiger partial charge in [0.25, 0.3) is 0 Å². The molecule has 0 spiro atoms. The molecule has 14 heavy (non-hydrogen) atoms. The molecule has 1 aromatic heterocycles. The number of nitriles is 1. The van der Waals surface area contributed by atoms with Crippen LogP contribution in [0, 0.1) is 11.3 Å². The lowest BCUT2D eigenvalue weighted by Crippen LogP contribution is -2.42. The molecule has 0 atom stereocenters. The van der Waals surface area contributed by atoms with E-state index in [-0.39, 0.29) is 5.78 Å². The Balaban J connectivity index is 2.39. The SMILES string of the molecule is CCn1nccc1C1(C#N)CC(=O)C1. The summed E-state index contributed by atoms with van der Waals surface area (Å²) in [5.41, 5.74) is 0.283. The molecule has 2 rings (SSSR count). The van der Waals surface area contributed by atoms with Gasteiger partial charge in [0.1, 0.15) is 11.2 Å². The molecule has 0 amide bonds. The molecule has 0 aromatic carbocycles. The Bertz CT molecular complexity index is 405. The van der Waals surface area contributed by atoms with E-state index >= 15 is 0 Å². The lowest BCUT2D eigenvalue weighted by Gasteiger charge is -2.33. The molecule has 0 bridgehead atoms. The zero-order valence-electron chi connectivity index (χ0n) is 8.03. The van der Waals surface area contributed by atoms with Crippen molar-refractivity contribution >= 4 is 5.78 Å². The molecule has 0 unspecified atom stereocenters. The van der Waals surface area contributed by atoms with E-state index < -0.39 is 5.41 Å². The molecular weight excluding hydrogens is 178 g/mol. The highest BCUT2D eigenvalue weighted by Crippen LogP contribution is 2.40. The van der Waals surface area contributed by atoms with Gasteiger partial charge in [0.2, 0.25) is 0 Å². The largest absolute Gasteiger partial charge is 0.300 e. The molecule has 72 valence electrons. The number of hydrogen-bond donors (Lipinski definition) is 0. The van der Waals surface area contributed by atoms with E-state index in [1.165, 1.54) is 0 Å². The molecule has 0 N–H and O–H groups in total. The molecule has 0 saturated heterocycles. The van der Waals surface area contributed by atoms with Gasteiger partial charge in [0, 0.05) is 25.6 Å². The predicted molar refractivity (Wildman–Crippen MR) is 49.4 cm³/mol. The van der Waals surface area contributed by atoms with Crippen LogP contribution >= 0.6 is 0 Å². The molecule has 0 aliphatic heterocycles. The van der Waals surface area contributed by atoms with Gasteiger partial charge in [-0.25, -0.2) is 0 Å². The second kappa shape index (κ2) is 2.95. The normalized spacial score (nSPS) is 18.7. The fourth-order valence-electron chi connectivity index (χ4n) is 1.93. The van der Waals surface area contributed by atoms with E-state index in [4.69, 9.17) is 5.26 Å². The first-order chi connectivity index (χ1) is 6.72. The second-order valence-electron chi connectivity index (χ2n) is 3.62. The highest BCUT2D eigenvalue weighted by Gasteiger charge is 2.47. The van der Waals surface area contributed by atoms with Crippen molar-refractivity contribution in [3.8, 4) is 6.07 Å². The summed E-state index contributed by atoms with van der Waals surface area (Å²) in [5.74, 6) is 0.162. The highest BCUT2D eigenvalue weighted by atomic mass is 16.1. The number of carbonyl (C=O) groups is 1. The van der Waals surface area contributed by atoms with Crippen molar-refractivity contribution < 1.29 is 4.79 Å². The molecule has 1 aromatic rings. The van der Waals surface area contributed by atoms with Crippen LogP contribution in [-0.2, 0) is 16.8 Å². The van der Waals surface area contributed by atoms with E-state index in [0.29, 0.717) is 12.8 Å². The highest BCUT2D eigenvalue weighted by molar-refractivity contribution is 5.89. The maximum atomic E-state index is 11.0. The third kappa shape index (κ3) is 1.06. The molecule has 1 aliphatic carbocycles. The third-order valence-corrected chi connectivity index (χ3v) is 2.72. The monoisotopic (exact) mass is 189 g/mol. The van der Waals surface area contributed by atoms with Gasteiger partial charge in [-0.15, -0.1) is 0 Å². The maximum absolute atomic E-state index is 11.0. The molecule has 0 radical (unpaired) electrons. The summed E-state index contributed by atoms with van der Waals surface area (Å²) in [6.45, 7) is 2.71. The number of ketones is 1. The minimum absolute atomic E-state index is 0.162. The number of aryl methyl sites for hydroxylation is 1. The van der Waals surface area contributed by atoms with Crippen molar-refractivity contribution in [2.45, 2.75) is 31.7 Å². The van der Waals surface area contributed by atoms with Crippen LogP contribution in [0.3, 0.4) is 0 Å². The summed E-state index contributed by atoms with van der Waals surface area (Å²) in [4.78, 5) is 11.0. The Hall–Kier alpha value is -1.63. The van der Waals surface area contributed by atoms with Crippen LogP contribution in [0.5, 0.6) is 0 Å². The number of carbonyl (C=O) groups excluding carboxylic acids is 1. The van der Waals surface area contributed by atoms with Gasteiger partial charge < -0.3 is 0 Å². The minimum atomic E-state index is -0.594. The van der Waals surface area contributed by atoms with Crippen LogP contribution in [0.1, 0.15) is 25.5 Å². The summed E-state index contributed by atoms with van der Waals surface area (Å²) in [6.07, 6.45) is 2.37. The van der Waals surface area contributed by atoms with Crippen LogP contribution in [0.4, 0.5) is 0 Å². The molecule has 4 nitrogen and oxygen atoms in total. The topological polar surface area (TPSA) is 58.7 Å². The van der Waals surface area contributed by atoms with Crippen molar-refractivity contribution in [3.05, 3.63) is 18.0 Å². The van der Waals surface area contributed by atoms with E-state index in [2.05, 4.69) is 11.2 Å². The number of Topliss-reactive ketones (excluding diaryl/α,β-unsaturated/α-hetero) is 1. The second-order valence-corrected chi connectivity index (χ2v) is 3.62. The van der Waals surface area contributed by atoms with E-state index in [9.17, 15) is 4.79 Å². The van der Waals surface area contributed by atoms with Gasteiger partial charge in [0.15, 0.2) is 0 Å². The lowest BCUT2D eigenvalue weighted by molar-refractivity contribution is -0.126. The first-order valence-electron chi connectivity index (χ1n) is 4.67. The minimum Gasteiger partial charge on any atom is -0.300 e. The molecule has 1 saturated carbocycles. The van der Waals surface area contributed by atoms with Crippen molar-refractivity contribution in [2.75, 3.05) is 0 Å². The lowest BCUT2D eigenvalue weighted by atomic mass is 9.67. The zero-order valence-corrected chi connectivity index (χ0v) is 8.03. The van der Waals surface area contributed by atoms with E-state index in [0.717, 1.165) is 12.2 Å². The van der Waals surface area contributed by atoms with Crippen LogP contribution in [-0.4, -0.2) is 15.6 Å². The molecule has 1 heterocycles. The summed E-state index contributed by atoms with van der Waals surface area (Å²) in [6, 6.07) is 4.07. The molecule has 1 fully saturated rings. The summed E-state index contributed by atoms with van der Waals surface area (Å²) < 4.78 is 1.79. The fraction of sp³-hybridized carbons (Fsp3) is 0.500. The third-order valence-electron chi connectivity index (χ3n) is 2.72. The van der Waals surface area contributed by atoms with Gasteiger partial charge >= 0.3 is 0 Å². The van der Waals surface area contributed by atoms with Crippen molar-refractivity contribution in [3.63, 3.8) is 0 Å². The Morgan fingerprint density at radius 1 is 1.71 bits per heavy atom. The van der Waals surface area contributed by atoms with Gasteiger partial charge in [-0.2, -0.15) is 10.4 Å². The standard InChI is InChI=1S/C10H11N3O/c1-2-13-9(3-4-12-13)10(7-11)5-8(14)6-10/h3-4H,2,5-6H2,1H3. The van der Waals surface area contributed by atoms with Crippen LogP contribution in [0.25, 0.3) is 0 Å². The summed E-state index contributed by atoms with van der Waals surface area (Å²) in [5, 5.41) is 13.2. The summed E-state index contributed by atoms with van der Waals surface area (Å²) >= 11 is 0. The Labute approximate surface area is 82.1 Å². The van der Waals surface area contributed by atoms with Gasteiger partial charge in [-0.05, 0) is 13.0 Å².